The molecule has 0 spiro atoms. The first-order valence-electron chi connectivity index (χ1n) is 36.2. The lowest BCUT2D eigenvalue weighted by Gasteiger charge is -2.17. The van der Waals surface area contributed by atoms with Crippen LogP contribution in [-0.4, -0.2) is 192 Å². The van der Waals surface area contributed by atoms with Gasteiger partial charge in [0.1, 0.15) is 62.5 Å². The highest BCUT2D eigenvalue weighted by atomic mass is 16.4. The second-order valence-corrected chi connectivity index (χ2v) is 27.2. The zero-order chi connectivity index (χ0) is 85.3. The molecule has 2 aromatic carbocycles. The van der Waals surface area contributed by atoms with Crippen LogP contribution >= 0.6 is 0 Å². The lowest BCUT2D eigenvalue weighted by molar-refractivity contribution is 0.0680. The van der Waals surface area contributed by atoms with Crippen LogP contribution in [-0.2, 0) is 19.3 Å². The Kier molecular flexibility index (Phi) is 22.8. The van der Waals surface area contributed by atoms with Crippen LogP contribution in [0.1, 0.15) is 125 Å². The Labute approximate surface area is 661 Å². The maximum atomic E-state index is 12.2. The van der Waals surface area contributed by atoms with Gasteiger partial charge < -0.3 is 90.2 Å². The number of rotatable bonds is 15. The van der Waals surface area contributed by atoms with Crippen molar-refractivity contribution in [3.8, 4) is 85.4 Å². The number of nitrogens with zero attached hydrogens (tertiary/aromatic N) is 12. The molecule has 606 valence electrons. The second-order valence-electron chi connectivity index (χ2n) is 27.2. The van der Waals surface area contributed by atoms with Crippen molar-refractivity contribution in [1.29, 1.82) is 0 Å². The van der Waals surface area contributed by atoms with Gasteiger partial charge >= 0.3 is 29.8 Å². The van der Waals surface area contributed by atoms with Gasteiger partial charge in [-0.3, -0.25) is 34.2 Å². The van der Waals surface area contributed by atoms with Gasteiger partial charge in [-0.05, 0) is 108 Å². The fourth-order valence-corrected chi connectivity index (χ4v) is 13.7. The van der Waals surface area contributed by atoms with Crippen LogP contribution in [0.15, 0.2) is 128 Å². The summed E-state index contributed by atoms with van der Waals surface area (Å²) in [5.74, 6) is -8.39. The van der Waals surface area contributed by atoms with Crippen molar-refractivity contribution >= 4 is 80.0 Å². The number of aromatic carboxylic acids is 5. The van der Waals surface area contributed by atoms with Gasteiger partial charge in [0.05, 0.1) is 75.7 Å². The summed E-state index contributed by atoms with van der Waals surface area (Å²) in [5, 5.41) is 120. The topological polar surface area (TPSA) is 593 Å². The summed E-state index contributed by atoms with van der Waals surface area (Å²) in [5.41, 5.74) is 3.81. The van der Waals surface area contributed by atoms with Crippen LogP contribution in [0.25, 0.3) is 95.2 Å². The van der Waals surface area contributed by atoms with Gasteiger partial charge in [-0.15, -0.1) is 0 Å². The number of carbonyl (C=O) groups is 5. The van der Waals surface area contributed by atoms with Gasteiger partial charge in [0, 0.05) is 83.7 Å². The molecule has 0 bridgehead atoms. The number of aromatic amines is 7. The minimum absolute atomic E-state index is 0.297. The van der Waals surface area contributed by atoms with Crippen LogP contribution in [0.5, 0.6) is 28.7 Å². The van der Waals surface area contributed by atoms with Crippen LogP contribution in [0.2, 0.25) is 0 Å². The third-order valence-electron chi connectivity index (χ3n) is 19.4. The van der Waals surface area contributed by atoms with Gasteiger partial charge in [-0.25, -0.2) is 48.0 Å². The molecule has 16 rings (SSSR count). The molecule has 1 aliphatic heterocycles. The molecular weight excluding hydrogens is 1530 g/mol. The zero-order valence-electron chi connectivity index (χ0n) is 64.2. The molecule has 0 amide bonds. The molecule has 1 fully saturated rings. The van der Waals surface area contributed by atoms with E-state index in [4.69, 9.17) is 20.4 Å². The first-order chi connectivity index (χ1) is 56.1. The number of imidazole rings is 1. The molecule has 14 heterocycles. The molecular formula is C79H75N19O20. The summed E-state index contributed by atoms with van der Waals surface area (Å²) < 4.78 is 5.13. The molecule has 13 aromatic heterocycles. The molecule has 1 saturated heterocycles. The minimum Gasteiger partial charge on any atom is -0.506 e. The summed E-state index contributed by atoms with van der Waals surface area (Å²) in [4.78, 5) is 146. The predicted octanol–water partition coefficient (Wildman–Crippen LogP) is 8.30. The highest BCUT2D eigenvalue weighted by molar-refractivity contribution is 5.96. The lowest BCUT2D eigenvalue weighted by atomic mass is 10.0. The third-order valence-corrected chi connectivity index (χ3v) is 19.4. The smallest absolute Gasteiger partial charge is 0.345 e. The largest absolute Gasteiger partial charge is 0.506 e. The van der Waals surface area contributed by atoms with E-state index < -0.39 is 114 Å². The van der Waals surface area contributed by atoms with E-state index in [0.717, 1.165) is 76.0 Å². The van der Waals surface area contributed by atoms with E-state index in [2.05, 4.69) is 75.4 Å². The minimum atomic E-state index is -1.48. The molecule has 39 nitrogen and oxygen atoms in total. The lowest BCUT2D eigenvalue weighted by Crippen LogP contribution is -2.20. The number of benzene rings is 2. The molecule has 0 atom stereocenters. The van der Waals surface area contributed by atoms with Crippen molar-refractivity contribution in [3.63, 3.8) is 0 Å². The second kappa shape index (κ2) is 33.0. The van der Waals surface area contributed by atoms with Crippen molar-refractivity contribution in [2.45, 2.75) is 80.6 Å². The number of hydrogen-bond acceptors (Lipinski definition) is 24. The van der Waals surface area contributed by atoms with Crippen molar-refractivity contribution in [2.75, 3.05) is 37.0 Å². The highest BCUT2D eigenvalue weighted by Gasteiger charge is 2.29. The quantitative estimate of drug-likeness (QED) is 0.0458. The number of aromatic hydroxyl groups is 5. The molecule has 0 radical (unpaired) electrons. The molecule has 15 aromatic rings. The number of carboxylic acid groups (broad SMARTS) is 5. The van der Waals surface area contributed by atoms with Crippen LogP contribution in [0.4, 0.5) is 11.6 Å². The SMILES string of the molecule is CCc1c(-c2cc3c(N(C)C)nc(C)cn3n2)[nH]c(=O)c(C(=O)O)c1O.CCc1c(-c2cc3c(N4CCCC4)nc(C)cn3n2)[nH]c(=O)c(C(=O)O)c1O.CCc1c(-c2cn3ccccc3n2)[nH]c(=O)c(C(=O)O)c1O.Cc1c(-c2ccc3[nH]ncc3c2)[nH]c(=O)c(C(=O)O)c1O.Cc1c(-c2ccc3cn[nH]c3c2)[nH]c(=O)c(C(=O)O)c1O. The molecule has 39 heteroatoms. The van der Waals surface area contributed by atoms with E-state index in [-0.39, 0.29) is 0 Å². The number of anilines is 2. The Morgan fingerprint density at radius 1 is 0.449 bits per heavy atom. The fraction of sp³-hybridized carbons (Fsp3) is 0.203. The number of pyridine rings is 6. The number of nitrogens with one attached hydrogen (secondary N) is 7. The van der Waals surface area contributed by atoms with Crippen LogP contribution < -0.4 is 37.6 Å². The standard InChI is InChI=1S/C19H21N5O4.C17H19N5O4.C15H13N3O4.2C14H11N3O4/c1-3-11-15(21-18(26)14(16(11)25)19(27)28)12-8-13-17(23-6-4-5-7-23)20-10(2)9-24(13)22-12;1-5-9-13(19-16(24)12(14(9)23)17(25)26)10-6-11-15(21(3)4)18-8(2)7-22(11)20-10;1-2-8-12(17-14(20)11(13(8)19)15(21)22)9-7-18-6-4-3-5-10(18)16-9;1-6-11(16-13(19)10(12(6)18)14(20)21)7-2-3-9-8(4-7)5-15-17-9;1-6-11(16-13(19)10(12(6)18)14(20)21)7-2-3-8-5-15-17-9(8)4-7/h8-9H,3-7H2,1-2H3,(H,27,28)(H2,21,25,26);6-7H,5H2,1-4H3,(H,25,26)(H2,19,23,24);3-7H,2H2,1H3,(H,21,22)(H2,17,19,20);2*2-5H,1H3,(H,15,17)(H,20,21)(H2,16,18,19). The molecule has 0 saturated carbocycles. The van der Waals surface area contributed by atoms with Gasteiger partial charge in [-0.1, -0.05) is 45.0 Å². The monoisotopic (exact) mass is 1610 g/mol. The predicted molar refractivity (Wildman–Crippen MR) is 430 cm³/mol. The first kappa shape index (κ1) is 81.5. The molecule has 0 aliphatic carbocycles. The van der Waals surface area contributed by atoms with Crippen LogP contribution in [0.3, 0.4) is 0 Å². The maximum Gasteiger partial charge on any atom is 0.345 e. The summed E-state index contributed by atoms with van der Waals surface area (Å²) in [6.07, 6.45) is 13.6. The average Bonchev–Trinajstić information content (AvgIpc) is 1.59. The Bertz CT molecular complexity index is 6720. The van der Waals surface area contributed by atoms with Crippen molar-refractivity contribution in [1.82, 2.24) is 83.9 Å². The van der Waals surface area contributed by atoms with Crippen molar-refractivity contribution < 1.29 is 75.0 Å². The van der Waals surface area contributed by atoms with E-state index >= 15 is 0 Å². The van der Waals surface area contributed by atoms with E-state index in [1.54, 1.807) is 128 Å². The van der Waals surface area contributed by atoms with Gasteiger partial charge in [0.15, 0.2) is 39.5 Å². The molecule has 0 unspecified atom stereocenters. The third kappa shape index (κ3) is 15.7. The zero-order valence-corrected chi connectivity index (χ0v) is 64.2. The number of aryl methyl sites for hydroxylation is 2. The van der Waals surface area contributed by atoms with E-state index in [0.29, 0.717) is 115 Å². The fourth-order valence-electron chi connectivity index (χ4n) is 13.7. The Balaban J connectivity index is 0.000000136. The van der Waals surface area contributed by atoms with E-state index in [9.17, 15) is 78.6 Å². The average molecular weight is 1610 g/mol. The van der Waals surface area contributed by atoms with Gasteiger partial charge in [0.25, 0.3) is 27.8 Å². The van der Waals surface area contributed by atoms with Crippen LogP contribution in [0, 0.1) is 27.7 Å². The van der Waals surface area contributed by atoms with E-state index in [1.807, 2.05) is 57.1 Å². The summed E-state index contributed by atoms with van der Waals surface area (Å²) in [6, 6.07) is 19.7. The van der Waals surface area contributed by atoms with Crippen molar-refractivity contribution in [2.24, 2.45) is 0 Å². The van der Waals surface area contributed by atoms with E-state index in [1.165, 1.54) is 0 Å². The van der Waals surface area contributed by atoms with Gasteiger partial charge in [0.2, 0.25) is 0 Å². The number of H-pyrrole nitrogens is 7. The molecule has 17 N–H and O–H groups in total. The maximum absolute atomic E-state index is 12.2. The summed E-state index contributed by atoms with van der Waals surface area (Å²) in [7, 11) is 3.72. The normalized spacial score (nSPS) is 11.7. The number of hydrogen-bond donors (Lipinski definition) is 17. The Morgan fingerprint density at radius 2 is 0.864 bits per heavy atom. The molecule has 118 heavy (non-hydrogen) atoms. The van der Waals surface area contributed by atoms with Gasteiger partial charge in [-0.2, -0.15) is 20.4 Å². The number of fused-ring (bicyclic) bond motifs is 5. The Hall–Kier alpha value is -16.0. The molecule has 1 aliphatic rings. The Morgan fingerprint density at radius 3 is 1.33 bits per heavy atom. The van der Waals surface area contributed by atoms with Crippen molar-refractivity contribution in [3.05, 3.63) is 223 Å². The summed E-state index contributed by atoms with van der Waals surface area (Å²) in [6.45, 7) is 14.0. The number of carboxylic acids is 5. The highest BCUT2D eigenvalue weighted by Crippen LogP contribution is 2.37. The first-order valence-corrected chi connectivity index (χ1v) is 36.2. The summed E-state index contributed by atoms with van der Waals surface area (Å²) >= 11 is 0. The number of aromatic nitrogens is 17.